The quantitative estimate of drug-likeness (QED) is 0.474. The van der Waals surface area contributed by atoms with E-state index in [1.54, 1.807) is 0 Å². The zero-order valence-electron chi connectivity index (χ0n) is 9.98. The molecule has 0 aromatic heterocycles. The number of hydrogen-bond donors (Lipinski definition) is 4. The van der Waals surface area contributed by atoms with E-state index >= 15 is 0 Å². The van der Waals surface area contributed by atoms with Crippen LogP contribution in [0.25, 0.3) is 0 Å². The Labute approximate surface area is 100 Å². The van der Waals surface area contributed by atoms with Crippen molar-refractivity contribution in [2.45, 2.75) is 50.9 Å². The van der Waals surface area contributed by atoms with E-state index in [0.29, 0.717) is 12.8 Å². The van der Waals surface area contributed by atoms with Crippen LogP contribution >= 0.6 is 0 Å². The summed E-state index contributed by atoms with van der Waals surface area (Å²) in [4.78, 5) is 22.1. The molecule has 17 heavy (non-hydrogen) atoms. The number of amides is 2. The molecule has 0 aromatic carbocycles. The Morgan fingerprint density at radius 3 is 2.53 bits per heavy atom. The number of rotatable bonds is 3. The number of carbonyl (C=O) groups is 2. The molecule has 0 heterocycles. The van der Waals surface area contributed by atoms with Crippen LogP contribution in [0.2, 0.25) is 0 Å². The first-order chi connectivity index (χ1) is 8.00. The Hall–Kier alpha value is -1.14. The Morgan fingerprint density at radius 2 is 1.88 bits per heavy atom. The van der Waals surface area contributed by atoms with Crippen molar-refractivity contribution in [3.8, 4) is 0 Å². The lowest BCUT2D eigenvalue weighted by Gasteiger charge is -2.24. The maximum absolute atomic E-state index is 11.5. The van der Waals surface area contributed by atoms with Gasteiger partial charge in [0.15, 0.2) is 0 Å². The van der Waals surface area contributed by atoms with Gasteiger partial charge in [-0.15, -0.1) is 0 Å². The van der Waals surface area contributed by atoms with Crippen molar-refractivity contribution in [1.29, 1.82) is 0 Å². The third-order valence-electron chi connectivity index (χ3n) is 2.92. The first-order valence-electron chi connectivity index (χ1n) is 5.90. The van der Waals surface area contributed by atoms with Crippen molar-refractivity contribution in [1.82, 2.24) is 10.6 Å². The number of aliphatic hydroxyl groups excluding tert-OH is 2. The highest BCUT2D eigenvalue weighted by Gasteiger charge is 2.29. The third kappa shape index (κ3) is 4.70. The summed E-state index contributed by atoms with van der Waals surface area (Å²) in [5.41, 5.74) is 0. The molecule has 0 unspecified atom stereocenters. The minimum atomic E-state index is -0.932. The molecule has 1 aliphatic rings. The molecule has 1 saturated carbocycles. The number of nitrogens with one attached hydrogen (secondary N) is 2. The van der Waals surface area contributed by atoms with Crippen molar-refractivity contribution in [2.75, 3.05) is 6.54 Å². The molecule has 0 aliphatic heterocycles. The first-order valence-corrected chi connectivity index (χ1v) is 5.90. The fourth-order valence-corrected chi connectivity index (χ4v) is 1.95. The van der Waals surface area contributed by atoms with Crippen molar-refractivity contribution in [3.05, 3.63) is 0 Å². The van der Waals surface area contributed by atoms with Gasteiger partial charge in [0.25, 0.3) is 0 Å². The van der Waals surface area contributed by atoms with Gasteiger partial charge >= 0.3 is 0 Å². The molecule has 3 atom stereocenters. The van der Waals surface area contributed by atoms with Gasteiger partial charge in [-0.05, 0) is 12.8 Å². The fraction of sp³-hybridized carbons (Fsp3) is 0.818. The standard InChI is InChI=1S/C11H20N2O4/c1-7(14)12-6-10(16)13-8-4-2-3-5-9(15)11(8)17/h8-9,11,15,17H,2-6H2,1H3,(H,12,14)(H,13,16)/t8-,9-,11-/m1/s1. The maximum Gasteiger partial charge on any atom is 0.239 e. The van der Waals surface area contributed by atoms with Crippen LogP contribution < -0.4 is 10.6 Å². The van der Waals surface area contributed by atoms with Gasteiger partial charge in [0.1, 0.15) is 0 Å². The van der Waals surface area contributed by atoms with E-state index in [4.69, 9.17) is 0 Å². The Bertz CT molecular complexity index is 283. The molecule has 0 spiro atoms. The van der Waals surface area contributed by atoms with E-state index in [-0.39, 0.29) is 18.4 Å². The van der Waals surface area contributed by atoms with Crippen molar-refractivity contribution in [3.63, 3.8) is 0 Å². The molecule has 1 fully saturated rings. The van der Waals surface area contributed by atoms with Gasteiger partial charge < -0.3 is 20.8 Å². The molecule has 6 heteroatoms. The average Bonchev–Trinajstić information content (AvgIpc) is 2.42. The second-order valence-corrected chi connectivity index (χ2v) is 4.43. The lowest BCUT2D eigenvalue weighted by Crippen LogP contribution is -2.49. The number of carbonyl (C=O) groups excluding carboxylic acids is 2. The van der Waals surface area contributed by atoms with Crippen LogP contribution in [0.15, 0.2) is 0 Å². The first kappa shape index (κ1) is 13.9. The molecule has 0 radical (unpaired) electrons. The SMILES string of the molecule is CC(=O)NCC(=O)N[C@@H]1CCCC[C@@H](O)[C@@H]1O. The minimum Gasteiger partial charge on any atom is -0.390 e. The van der Waals surface area contributed by atoms with Gasteiger partial charge in [-0.3, -0.25) is 9.59 Å². The fourth-order valence-electron chi connectivity index (χ4n) is 1.95. The van der Waals surface area contributed by atoms with Crippen molar-refractivity contribution < 1.29 is 19.8 Å². The van der Waals surface area contributed by atoms with E-state index in [2.05, 4.69) is 10.6 Å². The van der Waals surface area contributed by atoms with Gasteiger partial charge in [-0.1, -0.05) is 12.8 Å². The third-order valence-corrected chi connectivity index (χ3v) is 2.92. The van der Waals surface area contributed by atoms with Crippen LogP contribution in [0.4, 0.5) is 0 Å². The van der Waals surface area contributed by atoms with Crippen LogP contribution in [-0.2, 0) is 9.59 Å². The van der Waals surface area contributed by atoms with Crippen LogP contribution in [0.5, 0.6) is 0 Å². The molecule has 6 nitrogen and oxygen atoms in total. The summed E-state index contributed by atoms with van der Waals surface area (Å²) in [6.07, 6.45) is 1.18. The molecule has 1 aliphatic carbocycles. The molecule has 0 saturated heterocycles. The Balaban J connectivity index is 2.42. The lowest BCUT2D eigenvalue weighted by atomic mass is 10.0. The van der Waals surface area contributed by atoms with Crippen LogP contribution in [0.1, 0.15) is 32.6 Å². The average molecular weight is 244 g/mol. The smallest absolute Gasteiger partial charge is 0.239 e. The monoisotopic (exact) mass is 244 g/mol. The summed E-state index contributed by atoms with van der Waals surface area (Å²) >= 11 is 0. The highest BCUT2D eigenvalue weighted by Crippen LogP contribution is 2.18. The summed E-state index contributed by atoms with van der Waals surface area (Å²) in [5.74, 6) is -0.625. The second kappa shape index (κ2) is 6.56. The largest absolute Gasteiger partial charge is 0.390 e. The summed E-state index contributed by atoms with van der Waals surface area (Å²) in [6.45, 7) is 1.23. The zero-order valence-corrected chi connectivity index (χ0v) is 9.98. The van der Waals surface area contributed by atoms with Crippen LogP contribution in [-0.4, -0.2) is 46.8 Å². The predicted octanol–water partition coefficient (Wildman–Crippen LogP) is -1.10. The van der Waals surface area contributed by atoms with Gasteiger partial charge in [0.05, 0.1) is 24.8 Å². The topological polar surface area (TPSA) is 98.7 Å². The molecule has 4 N–H and O–H groups in total. The zero-order chi connectivity index (χ0) is 12.8. The van der Waals surface area contributed by atoms with E-state index in [9.17, 15) is 19.8 Å². The van der Waals surface area contributed by atoms with Gasteiger partial charge in [0.2, 0.25) is 11.8 Å². The number of hydrogen-bond acceptors (Lipinski definition) is 4. The lowest BCUT2D eigenvalue weighted by molar-refractivity contribution is -0.126. The van der Waals surface area contributed by atoms with Gasteiger partial charge in [-0.25, -0.2) is 0 Å². The maximum atomic E-state index is 11.5. The minimum absolute atomic E-state index is 0.103. The van der Waals surface area contributed by atoms with E-state index < -0.39 is 18.2 Å². The normalized spacial score (nSPS) is 29.2. The van der Waals surface area contributed by atoms with E-state index in [1.807, 2.05) is 0 Å². The van der Waals surface area contributed by atoms with Gasteiger partial charge in [0, 0.05) is 6.92 Å². The predicted molar refractivity (Wildman–Crippen MR) is 61.1 cm³/mol. The molecule has 1 rings (SSSR count). The summed E-state index contributed by atoms with van der Waals surface area (Å²) < 4.78 is 0. The van der Waals surface area contributed by atoms with Crippen LogP contribution in [0, 0.1) is 0 Å². The Kier molecular flexibility index (Phi) is 5.37. The van der Waals surface area contributed by atoms with Crippen LogP contribution in [0.3, 0.4) is 0 Å². The molecule has 98 valence electrons. The highest BCUT2D eigenvalue weighted by molar-refractivity contribution is 5.83. The number of aliphatic hydroxyl groups is 2. The molecular formula is C11H20N2O4. The van der Waals surface area contributed by atoms with E-state index in [0.717, 1.165) is 12.8 Å². The Morgan fingerprint density at radius 1 is 1.24 bits per heavy atom. The molecule has 2 amide bonds. The second-order valence-electron chi connectivity index (χ2n) is 4.43. The summed E-state index contributed by atoms with van der Waals surface area (Å²) in [6, 6.07) is -0.436. The summed E-state index contributed by atoms with van der Waals surface area (Å²) in [5, 5.41) is 24.4. The van der Waals surface area contributed by atoms with Crippen molar-refractivity contribution in [2.24, 2.45) is 0 Å². The van der Waals surface area contributed by atoms with E-state index in [1.165, 1.54) is 6.92 Å². The summed E-state index contributed by atoms with van der Waals surface area (Å²) in [7, 11) is 0. The molecule has 0 aromatic rings. The molecular weight excluding hydrogens is 224 g/mol. The van der Waals surface area contributed by atoms with Gasteiger partial charge in [-0.2, -0.15) is 0 Å². The van der Waals surface area contributed by atoms with Crippen molar-refractivity contribution >= 4 is 11.8 Å². The molecule has 0 bridgehead atoms. The highest BCUT2D eigenvalue weighted by atomic mass is 16.3.